The third-order valence-corrected chi connectivity index (χ3v) is 6.55. The van der Waals surface area contributed by atoms with Gasteiger partial charge in [0.25, 0.3) is 0 Å². The maximum absolute atomic E-state index is 12.5. The first-order valence-corrected chi connectivity index (χ1v) is 10.7. The van der Waals surface area contributed by atoms with E-state index in [1.54, 1.807) is 11.3 Å². The van der Waals surface area contributed by atoms with E-state index in [4.69, 9.17) is 4.52 Å². The number of halogens is 2. The summed E-state index contributed by atoms with van der Waals surface area (Å²) < 4.78 is 5.49. The second-order valence-corrected chi connectivity index (χ2v) is 8.37. The molecule has 2 aliphatic heterocycles. The number of carbonyl (C=O) groups excluding carboxylic acids is 1. The first kappa shape index (κ1) is 24.1. The summed E-state index contributed by atoms with van der Waals surface area (Å²) in [5, 5.41) is 9.49. The lowest BCUT2D eigenvalue weighted by Crippen LogP contribution is -2.49. The van der Waals surface area contributed by atoms with Crippen molar-refractivity contribution in [2.45, 2.75) is 32.2 Å². The SMILES string of the molecule is CC(c1nc(-c2cccs2)no1)N1CCN(C(=O)CCC2CCNC2)CC1.Cl.Cl. The number of amides is 1. The minimum absolute atomic E-state index is 0. The molecule has 0 bridgehead atoms. The van der Waals surface area contributed by atoms with Crippen LogP contribution in [-0.4, -0.2) is 65.1 Å². The molecular formula is C19H29Cl2N5O2S. The fourth-order valence-electron chi connectivity index (χ4n) is 3.87. The highest BCUT2D eigenvalue weighted by Crippen LogP contribution is 2.26. The number of carbonyl (C=O) groups is 1. The van der Waals surface area contributed by atoms with E-state index in [0.717, 1.165) is 50.6 Å². The summed E-state index contributed by atoms with van der Waals surface area (Å²) in [6.07, 6.45) is 2.89. The number of nitrogens with zero attached hydrogens (tertiary/aromatic N) is 4. The number of piperazine rings is 1. The van der Waals surface area contributed by atoms with Gasteiger partial charge in [0.05, 0.1) is 10.9 Å². The predicted octanol–water partition coefficient (Wildman–Crippen LogP) is 3.24. The molecule has 0 aliphatic carbocycles. The van der Waals surface area contributed by atoms with Gasteiger partial charge in [-0.05, 0) is 50.2 Å². The van der Waals surface area contributed by atoms with E-state index in [1.807, 2.05) is 22.4 Å². The predicted molar refractivity (Wildman–Crippen MR) is 119 cm³/mol. The fourth-order valence-corrected chi connectivity index (χ4v) is 4.52. The van der Waals surface area contributed by atoms with Crippen LogP contribution in [0.1, 0.15) is 38.1 Å². The number of thiophene rings is 1. The molecule has 1 amide bonds. The van der Waals surface area contributed by atoms with Crippen LogP contribution in [0.25, 0.3) is 10.7 Å². The van der Waals surface area contributed by atoms with Crippen LogP contribution in [0, 0.1) is 5.92 Å². The van der Waals surface area contributed by atoms with Gasteiger partial charge in [0.15, 0.2) is 0 Å². The van der Waals surface area contributed by atoms with Gasteiger partial charge in [0.2, 0.25) is 17.6 Å². The van der Waals surface area contributed by atoms with Gasteiger partial charge in [-0.25, -0.2) is 0 Å². The van der Waals surface area contributed by atoms with E-state index in [1.165, 1.54) is 6.42 Å². The fraction of sp³-hybridized carbons (Fsp3) is 0.632. The molecule has 7 nitrogen and oxygen atoms in total. The average Bonchev–Trinajstić information content (AvgIpc) is 3.47. The number of aromatic nitrogens is 2. The second-order valence-electron chi connectivity index (χ2n) is 7.42. The Hall–Kier alpha value is -1.19. The van der Waals surface area contributed by atoms with E-state index in [-0.39, 0.29) is 30.9 Å². The summed E-state index contributed by atoms with van der Waals surface area (Å²) in [5.74, 6) is 2.27. The van der Waals surface area contributed by atoms with Crippen LogP contribution in [0.2, 0.25) is 0 Å². The maximum atomic E-state index is 12.5. The molecule has 0 saturated carbocycles. The summed E-state index contributed by atoms with van der Waals surface area (Å²) in [5.41, 5.74) is 0. The molecule has 2 saturated heterocycles. The smallest absolute Gasteiger partial charge is 0.244 e. The molecule has 4 heterocycles. The Kier molecular flexibility index (Phi) is 9.36. The monoisotopic (exact) mass is 461 g/mol. The summed E-state index contributed by atoms with van der Waals surface area (Å²) in [7, 11) is 0. The lowest BCUT2D eigenvalue weighted by atomic mass is 10.0. The maximum Gasteiger partial charge on any atom is 0.244 e. The van der Waals surface area contributed by atoms with Crippen molar-refractivity contribution in [3.05, 3.63) is 23.4 Å². The first-order chi connectivity index (χ1) is 13.2. The van der Waals surface area contributed by atoms with Gasteiger partial charge in [-0.2, -0.15) is 4.98 Å². The lowest BCUT2D eigenvalue weighted by molar-refractivity contribution is -0.133. The zero-order valence-corrected chi connectivity index (χ0v) is 19.0. The third-order valence-electron chi connectivity index (χ3n) is 5.68. The van der Waals surface area contributed by atoms with Gasteiger partial charge in [-0.1, -0.05) is 11.2 Å². The molecule has 2 unspecified atom stereocenters. The second kappa shape index (κ2) is 11.3. The zero-order valence-electron chi connectivity index (χ0n) is 16.6. The van der Waals surface area contributed by atoms with Gasteiger partial charge in [-0.3, -0.25) is 9.69 Å². The Bertz CT molecular complexity index is 744. The minimum Gasteiger partial charge on any atom is -0.340 e. The molecule has 162 valence electrons. The van der Waals surface area contributed by atoms with Gasteiger partial charge in [0.1, 0.15) is 0 Å². The quantitative estimate of drug-likeness (QED) is 0.711. The largest absolute Gasteiger partial charge is 0.340 e. The molecule has 0 spiro atoms. The Morgan fingerprint density at radius 2 is 2.14 bits per heavy atom. The van der Waals surface area contributed by atoms with Gasteiger partial charge >= 0.3 is 0 Å². The van der Waals surface area contributed by atoms with Crippen molar-refractivity contribution in [3.8, 4) is 10.7 Å². The van der Waals surface area contributed by atoms with Crippen molar-refractivity contribution >= 4 is 42.1 Å². The van der Waals surface area contributed by atoms with Crippen LogP contribution in [0.4, 0.5) is 0 Å². The van der Waals surface area contributed by atoms with Crippen molar-refractivity contribution in [2.24, 2.45) is 5.92 Å². The molecule has 29 heavy (non-hydrogen) atoms. The van der Waals surface area contributed by atoms with Crippen LogP contribution in [0.3, 0.4) is 0 Å². The van der Waals surface area contributed by atoms with Crippen molar-refractivity contribution in [1.82, 2.24) is 25.3 Å². The first-order valence-electron chi connectivity index (χ1n) is 9.80. The van der Waals surface area contributed by atoms with E-state index >= 15 is 0 Å². The molecule has 0 aromatic carbocycles. The lowest BCUT2D eigenvalue weighted by Gasteiger charge is -2.37. The van der Waals surface area contributed by atoms with Crippen molar-refractivity contribution in [3.63, 3.8) is 0 Å². The molecule has 0 radical (unpaired) electrons. The standard InChI is InChI=1S/C19H27N5O2S.2ClH/c1-14(19-21-18(22-26-19)16-3-2-12-27-16)23-8-10-24(11-9-23)17(25)5-4-15-6-7-20-13-15;;/h2-3,12,14-15,20H,4-11,13H2,1H3;2*1H. The zero-order chi connectivity index (χ0) is 18.6. The number of hydrogen-bond acceptors (Lipinski definition) is 7. The highest BCUT2D eigenvalue weighted by Gasteiger charge is 2.28. The Morgan fingerprint density at radius 1 is 1.34 bits per heavy atom. The average molecular weight is 462 g/mol. The molecule has 2 aromatic rings. The number of hydrogen-bond donors (Lipinski definition) is 1. The van der Waals surface area contributed by atoms with Crippen molar-refractivity contribution in [2.75, 3.05) is 39.3 Å². The molecule has 2 aliphatic rings. The summed E-state index contributed by atoms with van der Waals surface area (Å²) >= 11 is 1.61. The molecule has 10 heteroatoms. The number of nitrogens with one attached hydrogen (secondary N) is 1. The van der Waals surface area contributed by atoms with E-state index < -0.39 is 0 Å². The molecule has 2 fully saturated rings. The molecule has 2 aromatic heterocycles. The van der Waals surface area contributed by atoms with Crippen LogP contribution in [-0.2, 0) is 4.79 Å². The molecule has 2 atom stereocenters. The van der Waals surface area contributed by atoms with E-state index in [2.05, 4.69) is 27.3 Å². The Morgan fingerprint density at radius 3 is 2.79 bits per heavy atom. The van der Waals surface area contributed by atoms with Crippen LogP contribution in [0.15, 0.2) is 22.0 Å². The van der Waals surface area contributed by atoms with Gasteiger partial charge in [-0.15, -0.1) is 36.2 Å². The van der Waals surface area contributed by atoms with Crippen LogP contribution >= 0.6 is 36.2 Å². The summed E-state index contributed by atoms with van der Waals surface area (Å²) in [6.45, 7) is 7.49. The Balaban J connectivity index is 0.00000150. The summed E-state index contributed by atoms with van der Waals surface area (Å²) in [6, 6.07) is 4.04. The third kappa shape index (κ3) is 5.92. The van der Waals surface area contributed by atoms with E-state index in [0.29, 0.717) is 30.0 Å². The Labute approximate surface area is 188 Å². The van der Waals surface area contributed by atoms with E-state index in [9.17, 15) is 4.79 Å². The normalized spacial score (nSPS) is 20.7. The van der Waals surface area contributed by atoms with Crippen LogP contribution in [0.5, 0.6) is 0 Å². The molecular weight excluding hydrogens is 433 g/mol. The highest BCUT2D eigenvalue weighted by molar-refractivity contribution is 7.13. The molecule has 4 rings (SSSR count). The topological polar surface area (TPSA) is 74.5 Å². The van der Waals surface area contributed by atoms with Crippen LogP contribution < -0.4 is 5.32 Å². The van der Waals surface area contributed by atoms with Gasteiger partial charge < -0.3 is 14.7 Å². The highest BCUT2D eigenvalue weighted by atomic mass is 35.5. The number of rotatable bonds is 6. The minimum atomic E-state index is 0. The molecule has 1 N–H and O–H groups in total. The van der Waals surface area contributed by atoms with Crippen molar-refractivity contribution < 1.29 is 9.32 Å². The van der Waals surface area contributed by atoms with Crippen molar-refractivity contribution in [1.29, 1.82) is 0 Å². The summed E-state index contributed by atoms with van der Waals surface area (Å²) in [4.78, 5) is 22.4. The van der Waals surface area contributed by atoms with Gasteiger partial charge in [0, 0.05) is 32.6 Å².